The van der Waals surface area contributed by atoms with E-state index in [1.54, 1.807) is 11.3 Å². The molecule has 0 spiro atoms. The van der Waals surface area contributed by atoms with Crippen LogP contribution in [0.5, 0.6) is 0 Å². The van der Waals surface area contributed by atoms with Gasteiger partial charge in [-0.3, -0.25) is 4.68 Å². The number of likely N-dealkylation sites (N-methyl/N-ethyl adjacent to an activating group) is 1. The first-order valence-corrected chi connectivity index (χ1v) is 8.19. The van der Waals surface area contributed by atoms with Crippen molar-refractivity contribution in [1.82, 2.24) is 20.1 Å². The molecule has 2 aromatic rings. The number of hydrogen-bond acceptors (Lipinski definition) is 4. The first-order valence-electron chi connectivity index (χ1n) is 6.93. The van der Waals surface area contributed by atoms with Crippen LogP contribution in [0.4, 0.5) is 0 Å². The molecule has 1 N–H and O–H groups in total. The summed E-state index contributed by atoms with van der Waals surface area (Å²) < 4.78 is 2.02. The van der Waals surface area contributed by atoms with Gasteiger partial charge >= 0.3 is 0 Å². The third-order valence-corrected chi connectivity index (χ3v) is 5.02. The van der Waals surface area contributed by atoms with E-state index in [-0.39, 0.29) is 6.04 Å². The van der Waals surface area contributed by atoms with E-state index in [9.17, 15) is 0 Å². The maximum atomic E-state index is 6.49. The highest BCUT2D eigenvalue weighted by Gasteiger charge is 2.21. The molecule has 0 fully saturated rings. The molecule has 0 saturated heterocycles. The van der Waals surface area contributed by atoms with E-state index in [0.717, 1.165) is 41.5 Å². The van der Waals surface area contributed by atoms with Crippen LogP contribution in [-0.2, 0) is 19.4 Å². The van der Waals surface area contributed by atoms with Gasteiger partial charge < -0.3 is 5.32 Å². The minimum atomic E-state index is 0.228. The molecule has 0 amide bonds. The number of nitrogens with one attached hydrogen (secondary N) is 1. The minimum Gasteiger partial charge on any atom is -0.312 e. The summed E-state index contributed by atoms with van der Waals surface area (Å²) in [4.78, 5) is 5.61. The fourth-order valence-corrected chi connectivity index (χ4v) is 3.64. The molecule has 0 bridgehead atoms. The Hall–Kier alpha value is -0.910. The van der Waals surface area contributed by atoms with Gasteiger partial charge in [0.15, 0.2) is 0 Å². The number of halogens is 1. The Bertz CT molecular complexity index is 576. The average Bonchev–Trinajstić information content (AvgIpc) is 3.00. The van der Waals surface area contributed by atoms with Gasteiger partial charge in [-0.25, -0.2) is 4.98 Å². The highest BCUT2D eigenvalue weighted by molar-refractivity contribution is 7.09. The average molecular weight is 313 g/mol. The van der Waals surface area contributed by atoms with Crippen molar-refractivity contribution in [3.05, 3.63) is 32.5 Å². The number of thiazole rings is 1. The number of aryl methyl sites for hydroxylation is 3. The summed E-state index contributed by atoms with van der Waals surface area (Å²) in [6.07, 6.45) is 1.70. The molecular formula is C14H21ClN4S. The molecule has 0 radical (unpaired) electrons. The zero-order valence-electron chi connectivity index (χ0n) is 12.4. The molecule has 0 aliphatic carbocycles. The van der Waals surface area contributed by atoms with E-state index in [4.69, 9.17) is 11.6 Å². The van der Waals surface area contributed by atoms with Gasteiger partial charge in [0.1, 0.15) is 0 Å². The normalized spacial score (nSPS) is 12.8. The van der Waals surface area contributed by atoms with Gasteiger partial charge in [-0.2, -0.15) is 5.10 Å². The first kappa shape index (κ1) is 15.5. The van der Waals surface area contributed by atoms with Crippen LogP contribution in [0, 0.1) is 6.92 Å². The number of hydrogen-bond donors (Lipinski definition) is 1. The Morgan fingerprint density at radius 2 is 2.20 bits per heavy atom. The van der Waals surface area contributed by atoms with Gasteiger partial charge in [0.05, 0.1) is 27.6 Å². The van der Waals surface area contributed by atoms with E-state index >= 15 is 0 Å². The summed E-state index contributed by atoms with van der Waals surface area (Å²) in [6, 6.07) is 0.228. The van der Waals surface area contributed by atoms with Crippen molar-refractivity contribution >= 4 is 22.9 Å². The fourth-order valence-electron chi connectivity index (χ4n) is 2.38. The molecule has 110 valence electrons. The van der Waals surface area contributed by atoms with Crippen molar-refractivity contribution in [2.75, 3.05) is 7.05 Å². The highest BCUT2D eigenvalue weighted by atomic mass is 35.5. The summed E-state index contributed by atoms with van der Waals surface area (Å²) in [6.45, 7) is 7.07. The van der Waals surface area contributed by atoms with Crippen LogP contribution in [-0.4, -0.2) is 21.8 Å². The standard InChI is InChI=1S/C14H21ClN4S/c1-5-10-13(15)12(19(6-2)18-10)7-11(16-4)14-9(3)17-8-20-14/h8,11,16H,5-7H2,1-4H3. The summed E-state index contributed by atoms with van der Waals surface area (Å²) in [5.74, 6) is 0. The van der Waals surface area contributed by atoms with Gasteiger partial charge in [0, 0.05) is 23.9 Å². The van der Waals surface area contributed by atoms with Crippen LogP contribution in [0.25, 0.3) is 0 Å². The van der Waals surface area contributed by atoms with Crippen molar-refractivity contribution in [1.29, 1.82) is 0 Å². The smallest absolute Gasteiger partial charge is 0.0850 e. The second kappa shape index (κ2) is 6.70. The van der Waals surface area contributed by atoms with Gasteiger partial charge in [-0.1, -0.05) is 18.5 Å². The van der Waals surface area contributed by atoms with Crippen molar-refractivity contribution in [3.8, 4) is 0 Å². The maximum absolute atomic E-state index is 6.49. The van der Waals surface area contributed by atoms with E-state index in [0.29, 0.717) is 0 Å². The SMILES string of the molecule is CCc1nn(CC)c(CC(NC)c2scnc2C)c1Cl. The second-order valence-corrected chi connectivity index (χ2v) is 5.99. The van der Waals surface area contributed by atoms with Crippen LogP contribution >= 0.6 is 22.9 Å². The van der Waals surface area contributed by atoms with Crippen molar-refractivity contribution in [2.24, 2.45) is 0 Å². The molecule has 2 aromatic heterocycles. The molecule has 0 saturated carbocycles. The van der Waals surface area contributed by atoms with Crippen LogP contribution < -0.4 is 5.32 Å². The summed E-state index contributed by atoms with van der Waals surface area (Å²) in [5.41, 5.74) is 5.08. The zero-order valence-corrected chi connectivity index (χ0v) is 14.0. The molecule has 0 aromatic carbocycles. The third-order valence-electron chi connectivity index (χ3n) is 3.54. The Morgan fingerprint density at radius 3 is 2.70 bits per heavy atom. The summed E-state index contributed by atoms with van der Waals surface area (Å²) in [7, 11) is 1.98. The van der Waals surface area contributed by atoms with Crippen LogP contribution in [0.3, 0.4) is 0 Å². The van der Waals surface area contributed by atoms with Crippen molar-refractivity contribution < 1.29 is 0 Å². The molecular weight excluding hydrogens is 292 g/mol. The number of aromatic nitrogens is 3. The Balaban J connectivity index is 2.32. The molecule has 20 heavy (non-hydrogen) atoms. The Kier molecular flexibility index (Phi) is 5.18. The lowest BCUT2D eigenvalue weighted by Crippen LogP contribution is -2.20. The molecule has 6 heteroatoms. The molecule has 1 atom stereocenters. The van der Waals surface area contributed by atoms with Crippen LogP contribution in [0.2, 0.25) is 5.02 Å². The van der Waals surface area contributed by atoms with Crippen LogP contribution in [0.15, 0.2) is 5.51 Å². The molecule has 0 aliphatic rings. The van der Waals surface area contributed by atoms with Gasteiger partial charge in [-0.15, -0.1) is 11.3 Å². The first-order chi connectivity index (χ1) is 9.62. The van der Waals surface area contributed by atoms with Gasteiger partial charge in [0.2, 0.25) is 0 Å². The van der Waals surface area contributed by atoms with Crippen LogP contribution in [0.1, 0.15) is 41.8 Å². The van der Waals surface area contributed by atoms with Crippen molar-refractivity contribution in [2.45, 2.75) is 46.2 Å². The molecule has 2 heterocycles. The van der Waals surface area contributed by atoms with E-state index in [2.05, 4.69) is 29.2 Å². The summed E-state index contributed by atoms with van der Waals surface area (Å²) in [5, 5.41) is 8.77. The second-order valence-electron chi connectivity index (χ2n) is 4.72. The van der Waals surface area contributed by atoms with E-state index < -0.39 is 0 Å². The highest BCUT2D eigenvalue weighted by Crippen LogP contribution is 2.29. The van der Waals surface area contributed by atoms with Crippen molar-refractivity contribution in [3.63, 3.8) is 0 Å². The molecule has 2 rings (SSSR count). The van der Waals surface area contributed by atoms with Gasteiger partial charge in [0.25, 0.3) is 0 Å². The minimum absolute atomic E-state index is 0.228. The third kappa shape index (κ3) is 2.90. The van der Waals surface area contributed by atoms with Gasteiger partial charge in [-0.05, 0) is 27.3 Å². The molecule has 1 unspecified atom stereocenters. The zero-order chi connectivity index (χ0) is 14.7. The Labute approximate surface area is 129 Å². The quantitative estimate of drug-likeness (QED) is 0.889. The Morgan fingerprint density at radius 1 is 1.45 bits per heavy atom. The largest absolute Gasteiger partial charge is 0.312 e. The topological polar surface area (TPSA) is 42.7 Å². The molecule has 4 nitrogen and oxygen atoms in total. The predicted octanol–water partition coefficient (Wildman–Crippen LogP) is 3.39. The summed E-state index contributed by atoms with van der Waals surface area (Å²) >= 11 is 8.17. The van der Waals surface area contributed by atoms with E-state index in [1.165, 1.54) is 4.88 Å². The maximum Gasteiger partial charge on any atom is 0.0850 e. The number of nitrogens with zero attached hydrogens (tertiary/aromatic N) is 3. The lowest BCUT2D eigenvalue weighted by molar-refractivity contribution is 0.544. The lowest BCUT2D eigenvalue weighted by Gasteiger charge is -2.16. The predicted molar refractivity (Wildman–Crippen MR) is 84.6 cm³/mol. The fraction of sp³-hybridized carbons (Fsp3) is 0.571. The number of rotatable bonds is 6. The van der Waals surface area contributed by atoms with E-state index in [1.807, 2.05) is 24.2 Å². The monoisotopic (exact) mass is 312 g/mol. The lowest BCUT2D eigenvalue weighted by atomic mass is 10.1. The molecule has 0 aliphatic heterocycles.